The lowest BCUT2D eigenvalue weighted by Gasteiger charge is -1.97. The van der Waals surface area contributed by atoms with Crippen molar-refractivity contribution in [1.29, 1.82) is 0 Å². The lowest BCUT2D eigenvalue weighted by Crippen LogP contribution is -1.98. The molecule has 0 spiro atoms. The first-order valence-corrected chi connectivity index (χ1v) is 6.42. The van der Waals surface area contributed by atoms with Crippen LogP contribution < -0.4 is 5.73 Å². The predicted octanol–water partition coefficient (Wildman–Crippen LogP) is 1.50. The summed E-state index contributed by atoms with van der Waals surface area (Å²) in [5.74, 6) is 0.867. The molecule has 2 rings (SSSR count). The Hall–Kier alpha value is -1.05. The molecule has 0 unspecified atom stereocenters. The van der Waals surface area contributed by atoms with Gasteiger partial charge in [-0.15, -0.1) is 0 Å². The van der Waals surface area contributed by atoms with Gasteiger partial charge < -0.3 is 5.73 Å². The van der Waals surface area contributed by atoms with Crippen LogP contribution in [0.3, 0.4) is 0 Å². The summed E-state index contributed by atoms with van der Waals surface area (Å²) >= 11 is 2.80. The van der Waals surface area contributed by atoms with Crippen molar-refractivity contribution in [3.63, 3.8) is 0 Å². The highest BCUT2D eigenvalue weighted by molar-refractivity contribution is 8.00. The molecule has 0 radical (unpaired) electrons. The van der Waals surface area contributed by atoms with E-state index in [0.29, 0.717) is 11.7 Å². The molecule has 2 aromatic heterocycles. The van der Waals surface area contributed by atoms with Crippen LogP contribution >= 0.6 is 23.3 Å². The van der Waals surface area contributed by atoms with Gasteiger partial charge in [-0.3, -0.25) is 0 Å². The Kier molecular flexibility index (Phi) is 3.81. The van der Waals surface area contributed by atoms with Gasteiger partial charge in [0.2, 0.25) is 0 Å². The smallest absolute Gasteiger partial charge is 0.194 e. The number of nitrogens with two attached hydrogens (primary N) is 1. The molecule has 0 aliphatic heterocycles. The Labute approximate surface area is 102 Å². The zero-order chi connectivity index (χ0) is 11.4. The first-order valence-electron chi connectivity index (χ1n) is 4.83. The van der Waals surface area contributed by atoms with Crippen molar-refractivity contribution >= 4 is 23.3 Å². The molecule has 0 amide bonds. The van der Waals surface area contributed by atoms with E-state index in [2.05, 4.69) is 19.3 Å². The summed E-state index contributed by atoms with van der Waals surface area (Å²) in [7, 11) is 0. The van der Waals surface area contributed by atoms with Gasteiger partial charge in [0.05, 0.1) is 0 Å². The second-order valence-electron chi connectivity index (χ2n) is 3.01. The van der Waals surface area contributed by atoms with Crippen molar-refractivity contribution in [2.75, 3.05) is 0 Å². The minimum absolute atomic E-state index is 0.462. The fourth-order valence-electron chi connectivity index (χ4n) is 1.00. The number of hydrogen-bond donors (Lipinski definition) is 1. The predicted molar refractivity (Wildman–Crippen MR) is 63.3 cm³/mol. The molecule has 0 saturated carbocycles. The Morgan fingerprint density at radius 3 is 2.69 bits per heavy atom. The first kappa shape index (κ1) is 11.4. The number of aromatic nitrogens is 4. The lowest BCUT2D eigenvalue weighted by atomic mass is 10.4. The highest BCUT2D eigenvalue weighted by Gasteiger charge is 2.06. The molecule has 0 aliphatic rings. The van der Waals surface area contributed by atoms with Gasteiger partial charge in [-0.05, 0) is 23.3 Å². The molecule has 5 nitrogen and oxygen atoms in total. The van der Waals surface area contributed by atoms with Gasteiger partial charge in [0.1, 0.15) is 5.82 Å². The van der Waals surface area contributed by atoms with E-state index in [9.17, 15) is 0 Å². The Morgan fingerprint density at radius 2 is 2.12 bits per heavy atom. The lowest BCUT2D eigenvalue weighted by molar-refractivity contribution is 0.910. The van der Waals surface area contributed by atoms with E-state index >= 15 is 0 Å². The molecule has 2 aromatic rings. The summed E-state index contributed by atoms with van der Waals surface area (Å²) in [5, 5.41) is 0.677. The van der Waals surface area contributed by atoms with Gasteiger partial charge in [0, 0.05) is 30.9 Å². The van der Waals surface area contributed by atoms with Gasteiger partial charge in [-0.1, -0.05) is 6.92 Å². The van der Waals surface area contributed by atoms with Crippen molar-refractivity contribution in [3.8, 4) is 0 Å². The molecule has 16 heavy (non-hydrogen) atoms. The third-order valence-electron chi connectivity index (χ3n) is 1.86. The van der Waals surface area contributed by atoms with Crippen LogP contribution in [0.25, 0.3) is 0 Å². The molecular weight excluding hydrogens is 242 g/mol. The van der Waals surface area contributed by atoms with Crippen molar-refractivity contribution in [2.45, 2.75) is 29.4 Å². The van der Waals surface area contributed by atoms with Crippen molar-refractivity contribution in [3.05, 3.63) is 23.8 Å². The monoisotopic (exact) mass is 253 g/mol. The summed E-state index contributed by atoms with van der Waals surface area (Å²) in [6.07, 6.45) is 4.32. The average molecular weight is 253 g/mol. The maximum Gasteiger partial charge on any atom is 0.194 e. The van der Waals surface area contributed by atoms with E-state index in [-0.39, 0.29) is 0 Å². The largest absolute Gasteiger partial charge is 0.326 e. The summed E-state index contributed by atoms with van der Waals surface area (Å²) in [6, 6.07) is 0. The maximum atomic E-state index is 5.47. The van der Waals surface area contributed by atoms with E-state index in [0.717, 1.165) is 22.1 Å². The van der Waals surface area contributed by atoms with Gasteiger partial charge in [-0.25, -0.2) is 15.0 Å². The first-order chi connectivity index (χ1) is 7.81. The van der Waals surface area contributed by atoms with Crippen LogP contribution in [0.2, 0.25) is 0 Å². The molecule has 2 heterocycles. The standard InChI is InChI=1S/C9H11N5S2/c1-2-7-13-9(16-14-7)15-8-11-4-6(3-10)5-12-8/h4-5H,2-3,10H2,1H3. The number of hydrogen-bond acceptors (Lipinski definition) is 7. The van der Waals surface area contributed by atoms with Crippen LogP contribution in [-0.2, 0) is 13.0 Å². The second kappa shape index (κ2) is 5.33. The normalized spacial score (nSPS) is 10.6. The number of aryl methyl sites for hydroxylation is 1. The van der Waals surface area contributed by atoms with Crippen LogP contribution in [0.1, 0.15) is 18.3 Å². The molecular formula is C9H11N5S2. The van der Waals surface area contributed by atoms with Crippen LogP contribution in [0.5, 0.6) is 0 Å². The summed E-state index contributed by atoms with van der Waals surface area (Å²) in [5.41, 5.74) is 6.39. The maximum absolute atomic E-state index is 5.47. The van der Waals surface area contributed by atoms with Crippen LogP contribution in [0.4, 0.5) is 0 Å². The van der Waals surface area contributed by atoms with Crippen LogP contribution in [0, 0.1) is 0 Å². The van der Waals surface area contributed by atoms with Gasteiger partial charge in [0.25, 0.3) is 0 Å². The Morgan fingerprint density at radius 1 is 1.38 bits per heavy atom. The van der Waals surface area contributed by atoms with E-state index < -0.39 is 0 Å². The molecule has 2 N–H and O–H groups in total. The fourth-order valence-corrected chi connectivity index (χ4v) is 2.50. The summed E-state index contributed by atoms with van der Waals surface area (Å²) < 4.78 is 5.07. The second-order valence-corrected chi connectivity index (χ2v) is 4.98. The topological polar surface area (TPSA) is 77.6 Å². The molecule has 0 bridgehead atoms. The van der Waals surface area contributed by atoms with Crippen LogP contribution in [0.15, 0.2) is 21.9 Å². The minimum atomic E-state index is 0.462. The van der Waals surface area contributed by atoms with E-state index in [1.54, 1.807) is 12.4 Å². The van der Waals surface area contributed by atoms with Gasteiger partial charge in [-0.2, -0.15) is 4.37 Å². The Bertz CT molecular complexity index is 453. The van der Waals surface area contributed by atoms with E-state index in [1.807, 2.05) is 6.92 Å². The fraction of sp³-hybridized carbons (Fsp3) is 0.333. The van der Waals surface area contributed by atoms with Crippen LogP contribution in [-0.4, -0.2) is 19.3 Å². The molecule has 0 fully saturated rings. The zero-order valence-electron chi connectivity index (χ0n) is 8.75. The van der Waals surface area contributed by atoms with E-state index in [1.165, 1.54) is 23.3 Å². The summed E-state index contributed by atoms with van der Waals surface area (Å²) in [6.45, 7) is 2.49. The molecule has 7 heteroatoms. The highest BCUT2D eigenvalue weighted by atomic mass is 32.2. The van der Waals surface area contributed by atoms with Gasteiger partial charge >= 0.3 is 0 Å². The van der Waals surface area contributed by atoms with E-state index in [4.69, 9.17) is 5.73 Å². The molecule has 0 aliphatic carbocycles. The SMILES string of the molecule is CCc1nsc(Sc2ncc(CN)cn2)n1. The molecule has 84 valence electrons. The molecule has 0 aromatic carbocycles. The summed E-state index contributed by atoms with van der Waals surface area (Å²) in [4.78, 5) is 12.7. The number of nitrogens with zero attached hydrogens (tertiary/aromatic N) is 4. The van der Waals surface area contributed by atoms with Crippen molar-refractivity contribution < 1.29 is 0 Å². The Balaban J connectivity index is 2.08. The van der Waals surface area contributed by atoms with Crippen molar-refractivity contribution in [2.24, 2.45) is 5.73 Å². The molecule has 0 atom stereocenters. The quantitative estimate of drug-likeness (QED) is 0.832. The van der Waals surface area contributed by atoms with Gasteiger partial charge in [0.15, 0.2) is 9.50 Å². The molecule has 0 saturated heterocycles. The zero-order valence-corrected chi connectivity index (χ0v) is 10.4. The average Bonchev–Trinajstić information content (AvgIpc) is 2.78. The minimum Gasteiger partial charge on any atom is -0.326 e. The number of rotatable bonds is 4. The third kappa shape index (κ3) is 2.75. The van der Waals surface area contributed by atoms with Crippen molar-refractivity contribution in [1.82, 2.24) is 19.3 Å². The highest BCUT2D eigenvalue weighted by Crippen LogP contribution is 2.25. The third-order valence-corrected chi connectivity index (χ3v) is 3.54.